The Hall–Kier alpha value is -1.15. The zero-order valence-corrected chi connectivity index (χ0v) is 15.1. The average molecular weight is 374 g/mol. The third-order valence-corrected chi connectivity index (χ3v) is 6.02. The van der Waals surface area contributed by atoms with Crippen LogP contribution in [0.15, 0.2) is 29.2 Å². The molecule has 1 saturated heterocycles. The van der Waals surface area contributed by atoms with Crippen molar-refractivity contribution in [1.82, 2.24) is 15.4 Å². The van der Waals surface area contributed by atoms with Crippen molar-refractivity contribution in [1.29, 1.82) is 0 Å². The van der Waals surface area contributed by atoms with Crippen LogP contribution in [0.25, 0.3) is 0 Å². The molecule has 0 aromatic heterocycles. The molecule has 134 valence electrons. The molecule has 2 fully saturated rings. The van der Waals surface area contributed by atoms with Crippen LogP contribution in [0.1, 0.15) is 42.5 Å². The molecule has 6 nitrogen and oxygen atoms in total. The van der Waals surface area contributed by atoms with Crippen LogP contribution in [0.4, 0.5) is 0 Å². The average Bonchev–Trinajstić information content (AvgIpc) is 2.51. The van der Waals surface area contributed by atoms with Crippen LogP contribution < -0.4 is 15.4 Å². The molecule has 0 spiro atoms. The maximum Gasteiger partial charge on any atom is 0.251 e. The van der Waals surface area contributed by atoms with E-state index in [1.807, 2.05) is 0 Å². The number of hydrogen-bond donors (Lipinski definition) is 3. The molecule has 2 aliphatic rings. The molecular weight excluding hydrogens is 350 g/mol. The molecule has 0 radical (unpaired) electrons. The third-order valence-electron chi connectivity index (χ3n) is 4.49. The smallest absolute Gasteiger partial charge is 0.251 e. The standard InChI is InChI=1S/C16H23N3O3S.ClH/c20-16(18-13-3-1-4-13)12-6-8-15(9-7-12)23(21,22)19-14-5-2-10-17-11-14;/h6-9,13-14,17,19H,1-5,10-11H2,(H,18,20);1H/t14-;/m1./s1. The Labute approximate surface area is 149 Å². The summed E-state index contributed by atoms with van der Waals surface area (Å²) in [6.07, 6.45) is 5.01. The molecule has 1 heterocycles. The molecule has 1 atom stereocenters. The molecule has 1 amide bonds. The molecule has 24 heavy (non-hydrogen) atoms. The van der Waals surface area contributed by atoms with Crippen LogP contribution in [-0.4, -0.2) is 39.5 Å². The first-order chi connectivity index (χ1) is 11.0. The van der Waals surface area contributed by atoms with Gasteiger partial charge >= 0.3 is 0 Å². The van der Waals surface area contributed by atoms with Gasteiger partial charge in [0.2, 0.25) is 10.0 Å². The molecule has 1 aromatic carbocycles. The Bertz CT molecular complexity index is 654. The molecular formula is C16H24ClN3O3S. The van der Waals surface area contributed by atoms with E-state index < -0.39 is 10.0 Å². The maximum absolute atomic E-state index is 12.4. The Morgan fingerprint density at radius 1 is 1.04 bits per heavy atom. The Kier molecular flexibility index (Phi) is 6.62. The Morgan fingerprint density at radius 2 is 1.71 bits per heavy atom. The van der Waals surface area contributed by atoms with Gasteiger partial charge in [-0.25, -0.2) is 13.1 Å². The normalized spacial score (nSPS) is 21.4. The number of benzene rings is 1. The van der Waals surface area contributed by atoms with Gasteiger partial charge in [-0.3, -0.25) is 4.79 Å². The van der Waals surface area contributed by atoms with Crippen LogP contribution in [-0.2, 0) is 10.0 Å². The van der Waals surface area contributed by atoms with Gasteiger partial charge in [0.1, 0.15) is 0 Å². The lowest BCUT2D eigenvalue weighted by atomic mass is 9.93. The largest absolute Gasteiger partial charge is 0.349 e. The van der Waals surface area contributed by atoms with E-state index in [1.165, 1.54) is 12.1 Å². The maximum atomic E-state index is 12.4. The summed E-state index contributed by atoms with van der Waals surface area (Å²) in [6.45, 7) is 1.59. The number of nitrogens with one attached hydrogen (secondary N) is 3. The highest BCUT2D eigenvalue weighted by molar-refractivity contribution is 7.89. The summed E-state index contributed by atoms with van der Waals surface area (Å²) >= 11 is 0. The van der Waals surface area contributed by atoms with Crippen molar-refractivity contribution in [2.24, 2.45) is 0 Å². The fraction of sp³-hybridized carbons (Fsp3) is 0.562. The predicted molar refractivity (Wildman–Crippen MR) is 95.0 cm³/mol. The van der Waals surface area contributed by atoms with E-state index in [2.05, 4.69) is 15.4 Å². The van der Waals surface area contributed by atoms with Crippen molar-refractivity contribution in [3.05, 3.63) is 29.8 Å². The number of amides is 1. The predicted octanol–water partition coefficient (Wildman–Crippen LogP) is 1.42. The van der Waals surface area contributed by atoms with Gasteiger partial charge in [0.25, 0.3) is 5.91 Å². The van der Waals surface area contributed by atoms with E-state index in [9.17, 15) is 13.2 Å². The first-order valence-electron chi connectivity index (χ1n) is 8.18. The molecule has 0 bridgehead atoms. The molecule has 1 aliphatic carbocycles. The van der Waals surface area contributed by atoms with Crippen LogP contribution in [0.2, 0.25) is 0 Å². The summed E-state index contributed by atoms with van der Waals surface area (Å²) in [7, 11) is -3.54. The summed E-state index contributed by atoms with van der Waals surface area (Å²) in [5.41, 5.74) is 0.496. The van der Waals surface area contributed by atoms with Gasteiger partial charge in [0.15, 0.2) is 0 Å². The van der Waals surface area contributed by atoms with Crippen LogP contribution in [0.3, 0.4) is 0 Å². The van der Waals surface area contributed by atoms with E-state index in [0.29, 0.717) is 12.1 Å². The summed E-state index contributed by atoms with van der Waals surface area (Å²) in [5.74, 6) is -0.136. The summed E-state index contributed by atoms with van der Waals surface area (Å²) in [4.78, 5) is 12.2. The van der Waals surface area contributed by atoms with Crippen molar-refractivity contribution >= 4 is 28.3 Å². The van der Waals surface area contributed by atoms with E-state index in [0.717, 1.165) is 38.6 Å². The molecule has 1 aromatic rings. The number of hydrogen-bond acceptors (Lipinski definition) is 4. The lowest BCUT2D eigenvalue weighted by molar-refractivity contribution is 0.0917. The van der Waals surface area contributed by atoms with Crippen molar-refractivity contribution in [2.75, 3.05) is 13.1 Å². The number of sulfonamides is 1. The second kappa shape index (κ2) is 8.29. The van der Waals surface area contributed by atoms with Crippen LogP contribution >= 0.6 is 12.4 Å². The Morgan fingerprint density at radius 3 is 2.25 bits per heavy atom. The first-order valence-corrected chi connectivity index (χ1v) is 9.67. The molecule has 8 heteroatoms. The highest BCUT2D eigenvalue weighted by Gasteiger charge is 2.23. The lowest BCUT2D eigenvalue weighted by Gasteiger charge is -2.26. The highest BCUT2D eigenvalue weighted by atomic mass is 35.5. The minimum absolute atomic E-state index is 0. The van der Waals surface area contributed by atoms with E-state index in [-0.39, 0.29) is 35.3 Å². The van der Waals surface area contributed by atoms with E-state index in [4.69, 9.17) is 0 Å². The summed E-state index contributed by atoms with van der Waals surface area (Å²) in [6, 6.07) is 6.33. The monoisotopic (exact) mass is 373 g/mol. The minimum Gasteiger partial charge on any atom is -0.349 e. The molecule has 1 aliphatic heterocycles. The van der Waals surface area contributed by atoms with Gasteiger partial charge in [-0.1, -0.05) is 0 Å². The zero-order chi connectivity index (χ0) is 16.3. The lowest BCUT2D eigenvalue weighted by Crippen LogP contribution is -2.45. The highest BCUT2D eigenvalue weighted by Crippen LogP contribution is 2.19. The second-order valence-corrected chi connectivity index (χ2v) is 8.00. The number of carbonyl (C=O) groups excluding carboxylic acids is 1. The number of piperidine rings is 1. The van der Waals surface area contributed by atoms with Crippen LogP contribution in [0, 0.1) is 0 Å². The van der Waals surface area contributed by atoms with Crippen molar-refractivity contribution in [3.8, 4) is 0 Å². The quantitative estimate of drug-likeness (QED) is 0.728. The van der Waals surface area contributed by atoms with Crippen LogP contribution in [0.5, 0.6) is 0 Å². The topological polar surface area (TPSA) is 87.3 Å². The SMILES string of the molecule is Cl.O=C(NC1CCC1)c1ccc(S(=O)(=O)N[C@@H]2CCCNC2)cc1. The summed E-state index contributed by atoms with van der Waals surface area (Å²) < 4.78 is 27.5. The fourth-order valence-electron chi connectivity index (χ4n) is 2.85. The minimum atomic E-state index is -3.54. The van der Waals surface area contributed by atoms with Crippen molar-refractivity contribution in [3.63, 3.8) is 0 Å². The van der Waals surface area contributed by atoms with Crippen molar-refractivity contribution in [2.45, 2.75) is 49.1 Å². The van der Waals surface area contributed by atoms with Gasteiger partial charge < -0.3 is 10.6 Å². The van der Waals surface area contributed by atoms with E-state index >= 15 is 0 Å². The fourth-order valence-corrected chi connectivity index (χ4v) is 4.12. The Balaban J connectivity index is 0.00000208. The molecule has 3 rings (SSSR count). The molecule has 1 saturated carbocycles. The van der Waals surface area contributed by atoms with Gasteiger partial charge in [-0.05, 0) is 62.9 Å². The van der Waals surface area contributed by atoms with Gasteiger partial charge in [-0.2, -0.15) is 0 Å². The van der Waals surface area contributed by atoms with E-state index in [1.54, 1.807) is 12.1 Å². The molecule has 0 unspecified atom stereocenters. The first kappa shape index (κ1) is 19.2. The second-order valence-electron chi connectivity index (χ2n) is 6.29. The number of carbonyl (C=O) groups is 1. The van der Waals surface area contributed by atoms with Gasteiger partial charge in [0, 0.05) is 24.2 Å². The molecule has 3 N–H and O–H groups in total. The number of rotatable bonds is 5. The third kappa shape index (κ3) is 4.69. The van der Waals surface area contributed by atoms with Crippen molar-refractivity contribution < 1.29 is 13.2 Å². The van der Waals surface area contributed by atoms with Gasteiger partial charge in [-0.15, -0.1) is 12.4 Å². The summed E-state index contributed by atoms with van der Waals surface area (Å²) in [5, 5.41) is 6.13. The van der Waals surface area contributed by atoms with Gasteiger partial charge in [0.05, 0.1) is 4.90 Å². The number of halogens is 1. The zero-order valence-electron chi connectivity index (χ0n) is 13.5.